The summed E-state index contributed by atoms with van der Waals surface area (Å²) in [5, 5.41) is 10.2. The molecule has 116 valence electrons. The summed E-state index contributed by atoms with van der Waals surface area (Å²) < 4.78 is 11.0. The van der Waals surface area contributed by atoms with Crippen molar-refractivity contribution in [3.05, 3.63) is 23.7 Å². The Labute approximate surface area is 124 Å². The Morgan fingerprint density at radius 1 is 1.52 bits per heavy atom. The molecule has 1 saturated carbocycles. The lowest BCUT2D eigenvalue weighted by molar-refractivity contribution is -0.207. The van der Waals surface area contributed by atoms with E-state index in [0.717, 1.165) is 19.3 Å². The first-order valence-corrected chi connectivity index (χ1v) is 7.71. The lowest BCUT2D eigenvalue weighted by atomic mass is 9.58. The largest absolute Gasteiger partial charge is 0.469 e. The maximum absolute atomic E-state index is 12.5. The molecule has 0 bridgehead atoms. The molecular weight excluding hydrogens is 270 g/mol. The number of carbonyl (C=O) groups is 1. The second kappa shape index (κ2) is 5.46. The van der Waals surface area contributed by atoms with Gasteiger partial charge >= 0.3 is 0 Å². The predicted octanol–water partition coefficient (Wildman–Crippen LogP) is 1.98. The van der Waals surface area contributed by atoms with E-state index in [0.29, 0.717) is 31.0 Å². The van der Waals surface area contributed by atoms with Crippen LogP contribution in [0.1, 0.15) is 42.3 Å². The van der Waals surface area contributed by atoms with E-state index < -0.39 is 0 Å². The summed E-state index contributed by atoms with van der Waals surface area (Å²) in [4.78, 5) is 14.3. The van der Waals surface area contributed by atoms with Crippen LogP contribution in [-0.4, -0.2) is 47.8 Å². The Kier molecular flexibility index (Phi) is 3.80. The zero-order chi connectivity index (χ0) is 15.0. The van der Waals surface area contributed by atoms with Crippen molar-refractivity contribution in [2.24, 2.45) is 5.41 Å². The van der Waals surface area contributed by atoms with Crippen LogP contribution in [-0.2, 0) is 4.74 Å². The van der Waals surface area contributed by atoms with Crippen molar-refractivity contribution >= 4 is 5.91 Å². The summed E-state index contributed by atoms with van der Waals surface area (Å²) in [6.45, 7) is 5.81. The highest BCUT2D eigenvalue weighted by Gasteiger charge is 2.56. The molecule has 2 heterocycles. The van der Waals surface area contributed by atoms with E-state index in [1.54, 1.807) is 19.3 Å². The van der Waals surface area contributed by atoms with Crippen molar-refractivity contribution in [3.8, 4) is 0 Å². The molecule has 1 N–H and O–H groups in total. The van der Waals surface area contributed by atoms with Gasteiger partial charge in [-0.15, -0.1) is 0 Å². The number of hydrogen-bond donors (Lipinski definition) is 1. The van der Waals surface area contributed by atoms with Gasteiger partial charge in [-0.05, 0) is 32.8 Å². The fourth-order valence-corrected chi connectivity index (χ4v) is 3.72. The van der Waals surface area contributed by atoms with Crippen LogP contribution in [0.3, 0.4) is 0 Å². The second-order valence-corrected chi connectivity index (χ2v) is 6.11. The van der Waals surface area contributed by atoms with E-state index in [1.165, 1.54) is 0 Å². The Morgan fingerprint density at radius 3 is 2.76 bits per heavy atom. The van der Waals surface area contributed by atoms with Crippen molar-refractivity contribution in [2.75, 3.05) is 19.7 Å². The SMILES string of the molecule is CCO[C@@H]1C[C@@H](O)C12CCN(C(=O)c1ccoc1C)CC2. The molecule has 1 saturated heterocycles. The molecule has 2 fully saturated rings. The zero-order valence-electron chi connectivity index (χ0n) is 12.7. The number of aliphatic hydroxyl groups excluding tert-OH is 1. The number of likely N-dealkylation sites (tertiary alicyclic amines) is 1. The number of furan rings is 1. The Bertz CT molecular complexity index is 514. The minimum Gasteiger partial charge on any atom is -0.469 e. The monoisotopic (exact) mass is 293 g/mol. The van der Waals surface area contributed by atoms with Crippen LogP contribution in [0.4, 0.5) is 0 Å². The summed E-state index contributed by atoms with van der Waals surface area (Å²) in [7, 11) is 0. The molecule has 5 heteroatoms. The van der Waals surface area contributed by atoms with E-state index in [1.807, 2.05) is 11.8 Å². The fraction of sp³-hybridized carbons (Fsp3) is 0.688. The minimum atomic E-state index is -0.290. The van der Waals surface area contributed by atoms with E-state index in [-0.39, 0.29) is 23.5 Å². The molecular formula is C16H23NO4. The second-order valence-electron chi connectivity index (χ2n) is 6.11. The van der Waals surface area contributed by atoms with Crippen molar-refractivity contribution in [2.45, 2.75) is 45.3 Å². The summed E-state index contributed by atoms with van der Waals surface area (Å²) in [5.74, 6) is 0.689. The number of piperidine rings is 1. The van der Waals surface area contributed by atoms with Gasteiger partial charge in [0.1, 0.15) is 5.76 Å². The average Bonchev–Trinajstić information content (AvgIpc) is 2.92. The van der Waals surface area contributed by atoms with E-state index in [9.17, 15) is 9.90 Å². The van der Waals surface area contributed by atoms with Gasteiger partial charge in [0, 0.05) is 31.5 Å². The highest BCUT2D eigenvalue weighted by atomic mass is 16.5. The lowest BCUT2D eigenvalue weighted by Crippen LogP contribution is -2.62. The number of nitrogens with zero attached hydrogens (tertiary/aromatic N) is 1. The van der Waals surface area contributed by atoms with Crippen molar-refractivity contribution in [1.29, 1.82) is 0 Å². The molecule has 0 aromatic carbocycles. The Balaban J connectivity index is 1.65. The molecule has 21 heavy (non-hydrogen) atoms. The number of aliphatic hydroxyl groups is 1. The molecule has 2 atom stereocenters. The molecule has 1 aliphatic heterocycles. The predicted molar refractivity (Wildman–Crippen MR) is 77.1 cm³/mol. The maximum atomic E-state index is 12.5. The summed E-state index contributed by atoms with van der Waals surface area (Å²) in [5.41, 5.74) is 0.500. The van der Waals surface area contributed by atoms with Gasteiger partial charge in [0.25, 0.3) is 5.91 Å². The molecule has 1 aromatic rings. The smallest absolute Gasteiger partial charge is 0.257 e. The Morgan fingerprint density at radius 2 is 2.24 bits per heavy atom. The van der Waals surface area contributed by atoms with Crippen LogP contribution in [0.25, 0.3) is 0 Å². The molecule has 2 aliphatic rings. The van der Waals surface area contributed by atoms with Crippen molar-refractivity contribution < 1.29 is 19.1 Å². The van der Waals surface area contributed by atoms with E-state index in [4.69, 9.17) is 9.15 Å². The van der Waals surface area contributed by atoms with Crippen LogP contribution in [0.15, 0.2) is 16.7 Å². The molecule has 1 aromatic heterocycles. The van der Waals surface area contributed by atoms with Crippen molar-refractivity contribution in [1.82, 2.24) is 4.90 Å². The number of ether oxygens (including phenoxy) is 1. The van der Waals surface area contributed by atoms with Gasteiger partial charge in [-0.1, -0.05) is 0 Å². The molecule has 0 unspecified atom stereocenters. The van der Waals surface area contributed by atoms with Gasteiger partial charge in [-0.2, -0.15) is 0 Å². The standard InChI is InChI=1S/C16H23NO4/c1-3-20-14-10-13(18)16(14)5-7-17(8-6-16)15(19)12-4-9-21-11(12)2/h4,9,13-14,18H,3,5-8,10H2,1-2H3/t13-,14-/m1/s1. The van der Waals surface area contributed by atoms with Crippen LogP contribution in [0.5, 0.6) is 0 Å². The third kappa shape index (κ3) is 2.28. The topological polar surface area (TPSA) is 62.9 Å². The van der Waals surface area contributed by atoms with Gasteiger partial charge < -0.3 is 19.2 Å². The normalized spacial score (nSPS) is 27.7. The summed E-state index contributed by atoms with van der Waals surface area (Å²) >= 11 is 0. The third-order valence-corrected chi connectivity index (χ3v) is 5.18. The third-order valence-electron chi connectivity index (χ3n) is 5.18. The molecule has 1 spiro atoms. The molecule has 3 rings (SSSR count). The van der Waals surface area contributed by atoms with Crippen LogP contribution >= 0.6 is 0 Å². The van der Waals surface area contributed by atoms with Crippen LogP contribution < -0.4 is 0 Å². The maximum Gasteiger partial charge on any atom is 0.257 e. The highest BCUT2D eigenvalue weighted by Crippen LogP contribution is 2.51. The lowest BCUT2D eigenvalue weighted by Gasteiger charge is -2.56. The van der Waals surface area contributed by atoms with Crippen molar-refractivity contribution in [3.63, 3.8) is 0 Å². The number of amides is 1. The highest BCUT2D eigenvalue weighted by molar-refractivity contribution is 5.95. The van der Waals surface area contributed by atoms with E-state index in [2.05, 4.69) is 0 Å². The molecule has 1 amide bonds. The van der Waals surface area contributed by atoms with Crippen LogP contribution in [0.2, 0.25) is 0 Å². The first-order chi connectivity index (χ1) is 10.1. The van der Waals surface area contributed by atoms with Gasteiger partial charge in [0.15, 0.2) is 0 Å². The Hall–Kier alpha value is -1.33. The molecule has 5 nitrogen and oxygen atoms in total. The first kappa shape index (κ1) is 14.6. The molecule has 1 aliphatic carbocycles. The fourth-order valence-electron chi connectivity index (χ4n) is 3.72. The zero-order valence-corrected chi connectivity index (χ0v) is 12.7. The first-order valence-electron chi connectivity index (χ1n) is 7.71. The van der Waals surface area contributed by atoms with Gasteiger partial charge in [0.2, 0.25) is 0 Å². The van der Waals surface area contributed by atoms with Gasteiger partial charge in [0.05, 0.1) is 24.0 Å². The summed E-state index contributed by atoms with van der Waals surface area (Å²) in [6, 6.07) is 1.73. The summed E-state index contributed by atoms with van der Waals surface area (Å²) in [6.07, 6.45) is 3.74. The number of hydrogen-bond acceptors (Lipinski definition) is 4. The quantitative estimate of drug-likeness (QED) is 0.925. The average molecular weight is 293 g/mol. The van der Waals surface area contributed by atoms with Gasteiger partial charge in [-0.3, -0.25) is 4.79 Å². The van der Waals surface area contributed by atoms with Crippen LogP contribution in [0, 0.1) is 12.3 Å². The van der Waals surface area contributed by atoms with E-state index >= 15 is 0 Å². The number of carbonyl (C=O) groups excluding carboxylic acids is 1. The number of aryl methyl sites for hydroxylation is 1. The van der Waals surface area contributed by atoms with Gasteiger partial charge in [-0.25, -0.2) is 0 Å². The number of rotatable bonds is 3. The molecule has 0 radical (unpaired) electrons. The minimum absolute atomic E-state index is 0.0258.